The van der Waals surface area contributed by atoms with Crippen LogP contribution in [0.2, 0.25) is 0 Å². The number of aromatic nitrogens is 2. The van der Waals surface area contributed by atoms with Crippen molar-refractivity contribution in [1.29, 1.82) is 0 Å². The molecule has 1 aromatic heterocycles. The highest BCUT2D eigenvalue weighted by molar-refractivity contribution is 5.91. The highest BCUT2D eigenvalue weighted by Gasteiger charge is 2.12. The summed E-state index contributed by atoms with van der Waals surface area (Å²) in [6.07, 6.45) is 2.86. The maximum Gasteiger partial charge on any atom is 0.339 e. The molecule has 0 radical (unpaired) electrons. The average molecular weight is 230 g/mol. The third-order valence-corrected chi connectivity index (χ3v) is 2.13. The van der Waals surface area contributed by atoms with Gasteiger partial charge in [-0.2, -0.15) is 0 Å². The molecule has 17 heavy (non-hydrogen) atoms. The molecule has 0 amide bonds. The van der Waals surface area contributed by atoms with Crippen molar-refractivity contribution in [3.05, 3.63) is 47.9 Å². The third-order valence-electron chi connectivity index (χ3n) is 2.13. The van der Waals surface area contributed by atoms with Gasteiger partial charge in [0.05, 0.1) is 0 Å². The van der Waals surface area contributed by atoms with Gasteiger partial charge in [-0.15, -0.1) is 0 Å². The van der Waals surface area contributed by atoms with Gasteiger partial charge in [-0.1, -0.05) is 11.6 Å². The molecule has 0 saturated carbocycles. The summed E-state index contributed by atoms with van der Waals surface area (Å²) in [6, 6.07) is 6.51. The fraction of sp³-hybridized carbons (Fsp3) is 0.0833. The van der Waals surface area contributed by atoms with Crippen LogP contribution in [0.4, 0.5) is 0 Å². The standard InChI is InChI=1S/C12H10N2O3/c1-8-2-3-10(9(6-8)12(15)16)17-11-4-5-13-7-14-11/h2-7H,1H3,(H,15,16). The lowest BCUT2D eigenvalue weighted by Crippen LogP contribution is -2.01. The van der Waals surface area contributed by atoms with E-state index in [-0.39, 0.29) is 11.3 Å². The Labute approximate surface area is 97.7 Å². The molecule has 5 heteroatoms. The molecule has 0 saturated heterocycles. The Kier molecular flexibility index (Phi) is 3.00. The molecule has 5 nitrogen and oxygen atoms in total. The summed E-state index contributed by atoms with van der Waals surface area (Å²) in [4.78, 5) is 18.7. The summed E-state index contributed by atoms with van der Waals surface area (Å²) in [6.45, 7) is 1.82. The number of nitrogens with zero attached hydrogens (tertiary/aromatic N) is 2. The van der Waals surface area contributed by atoms with Crippen LogP contribution in [0.3, 0.4) is 0 Å². The Hall–Kier alpha value is -2.43. The number of hydrogen-bond donors (Lipinski definition) is 1. The zero-order valence-corrected chi connectivity index (χ0v) is 9.12. The lowest BCUT2D eigenvalue weighted by atomic mass is 10.1. The van der Waals surface area contributed by atoms with E-state index in [1.54, 1.807) is 24.3 Å². The van der Waals surface area contributed by atoms with E-state index in [9.17, 15) is 4.79 Å². The maximum absolute atomic E-state index is 11.1. The van der Waals surface area contributed by atoms with Crippen molar-refractivity contribution in [2.24, 2.45) is 0 Å². The Balaban J connectivity index is 2.36. The highest BCUT2D eigenvalue weighted by atomic mass is 16.5. The van der Waals surface area contributed by atoms with Gasteiger partial charge in [-0.05, 0) is 19.1 Å². The monoisotopic (exact) mass is 230 g/mol. The van der Waals surface area contributed by atoms with Crippen molar-refractivity contribution >= 4 is 5.97 Å². The van der Waals surface area contributed by atoms with Gasteiger partial charge in [-0.3, -0.25) is 0 Å². The van der Waals surface area contributed by atoms with Crippen molar-refractivity contribution in [1.82, 2.24) is 9.97 Å². The number of rotatable bonds is 3. The van der Waals surface area contributed by atoms with E-state index < -0.39 is 5.97 Å². The summed E-state index contributed by atoms with van der Waals surface area (Å²) < 4.78 is 5.39. The predicted octanol–water partition coefficient (Wildman–Crippen LogP) is 2.28. The Morgan fingerprint density at radius 3 is 2.82 bits per heavy atom. The van der Waals surface area contributed by atoms with E-state index in [1.165, 1.54) is 12.5 Å². The number of carbonyl (C=O) groups is 1. The van der Waals surface area contributed by atoms with Crippen LogP contribution in [0.1, 0.15) is 15.9 Å². The highest BCUT2D eigenvalue weighted by Crippen LogP contribution is 2.24. The Morgan fingerprint density at radius 1 is 1.35 bits per heavy atom. The van der Waals surface area contributed by atoms with Crippen LogP contribution in [0.5, 0.6) is 11.6 Å². The van der Waals surface area contributed by atoms with Crippen LogP contribution in [0.15, 0.2) is 36.8 Å². The summed E-state index contributed by atoms with van der Waals surface area (Å²) >= 11 is 0. The number of carboxylic acid groups (broad SMARTS) is 1. The largest absolute Gasteiger partial charge is 0.478 e. The SMILES string of the molecule is Cc1ccc(Oc2ccncn2)c(C(=O)O)c1. The second-order valence-electron chi connectivity index (χ2n) is 3.45. The number of aryl methyl sites for hydroxylation is 1. The van der Waals surface area contributed by atoms with Gasteiger partial charge in [0.25, 0.3) is 0 Å². The molecule has 86 valence electrons. The first-order valence-electron chi connectivity index (χ1n) is 4.94. The van der Waals surface area contributed by atoms with Gasteiger partial charge < -0.3 is 9.84 Å². The minimum absolute atomic E-state index is 0.114. The van der Waals surface area contributed by atoms with Crippen molar-refractivity contribution in [2.75, 3.05) is 0 Å². The minimum Gasteiger partial charge on any atom is -0.478 e. The maximum atomic E-state index is 11.1. The summed E-state index contributed by atoms with van der Waals surface area (Å²) in [7, 11) is 0. The molecular formula is C12H10N2O3. The lowest BCUT2D eigenvalue weighted by molar-refractivity contribution is 0.0694. The molecule has 2 rings (SSSR count). The molecule has 0 atom stereocenters. The molecule has 0 unspecified atom stereocenters. The van der Waals surface area contributed by atoms with Crippen molar-refractivity contribution < 1.29 is 14.6 Å². The molecule has 0 spiro atoms. The molecule has 2 aromatic rings. The molecule has 1 heterocycles. The van der Waals surface area contributed by atoms with Crippen LogP contribution < -0.4 is 4.74 Å². The van der Waals surface area contributed by atoms with E-state index >= 15 is 0 Å². The second kappa shape index (κ2) is 4.61. The Morgan fingerprint density at radius 2 is 2.18 bits per heavy atom. The number of ether oxygens (including phenoxy) is 1. The van der Waals surface area contributed by atoms with E-state index in [4.69, 9.17) is 9.84 Å². The molecule has 0 aliphatic carbocycles. The van der Waals surface area contributed by atoms with E-state index in [2.05, 4.69) is 9.97 Å². The van der Waals surface area contributed by atoms with E-state index in [0.29, 0.717) is 5.88 Å². The summed E-state index contributed by atoms with van der Waals surface area (Å²) in [5.74, 6) is -0.453. The number of benzene rings is 1. The Bertz CT molecular complexity index is 541. The van der Waals surface area contributed by atoms with Crippen molar-refractivity contribution in [2.45, 2.75) is 6.92 Å². The molecule has 0 fully saturated rings. The quantitative estimate of drug-likeness (QED) is 0.875. The number of carboxylic acids is 1. The van der Waals surface area contributed by atoms with E-state index in [0.717, 1.165) is 5.56 Å². The summed E-state index contributed by atoms with van der Waals surface area (Å²) in [5.41, 5.74) is 0.973. The zero-order valence-electron chi connectivity index (χ0n) is 9.12. The van der Waals surface area contributed by atoms with Gasteiger partial charge in [0.2, 0.25) is 5.88 Å². The first-order chi connectivity index (χ1) is 8.16. The van der Waals surface area contributed by atoms with Gasteiger partial charge in [0.1, 0.15) is 17.6 Å². The topological polar surface area (TPSA) is 72.3 Å². The van der Waals surface area contributed by atoms with E-state index in [1.807, 2.05) is 6.92 Å². The van der Waals surface area contributed by atoms with Crippen LogP contribution in [-0.2, 0) is 0 Å². The normalized spacial score (nSPS) is 9.94. The van der Waals surface area contributed by atoms with Gasteiger partial charge >= 0.3 is 5.97 Å². The van der Waals surface area contributed by atoms with Crippen LogP contribution in [0.25, 0.3) is 0 Å². The molecule has 0 aliphatic heterocycles. The smallest absolute Gasteiger partial charge is 0.339 e. The predicted molar refractivity (Wildman–Crippen MR) is 60.2 cm³/mol. The lowest BCUT2D eigenvalue weighted by Gasteiger charge is -2.07. The number of aromatic carboxylic acids is 1. The molecular weight excluding hydrogens is 220 g/mol. The fourth-order valence-electron chi connectivity index (χ4n) is 1.35. The van der Waals surface area contributed by atoms with Crippen LogP contribution in [0, 0.1) is 6.92 Å². The second-order valence-corrected chi connectivity index (χ2v) is 3.45. The molecule has 0 bridgehead atoms. The zero-order chi connectivity index (χ0) is 12.3. The third kappa shape index (κ3) is 2.57. The number of hydrogen-bond acceptors (Lipinski definition) is 4. The average Bonchev–Trinajstić information content (AvgIpc) is 2.32. The van der Waals surface area contributed by atoms with Gasteiger partial charge in [-0.25, -0.2) is 14.8 Å². The van der Waals surface area contributed by atoms with Crippen LogP contribution >= 0.6 is 0 Å². The van der Waals surface area contributed by atoms with Crippen LogP contribution in [-0.4, -0.2) is 21.0 Å². The fourth-order valence-corrected chi connectivity index (χ4v) is 1.35. The first-order valence-corrected chi connectivity index (χ1v) is 4.94. The van der Waals surface area contributed by atoms with Crippen molar-refractivity contribution in [3.63, 3.8) is 0 Å². The first kappa shape index (κ1) is 11.1. The molecule has 0 aliphatic rings. The van der Waals surface area contributed by atoms with Gasteiger partial charge in [0, 0.05) is 12.3 Å². The minimum atomic E-state index is -1.03. The summed E-state index contributed by atoms with van der Waals surface area (Å²) in [5, 5.41) is 9.06. The molecule has 1 aromatic carbocycles. The molecule has 1 N–H and O–H groups in total. The van der Waals surface area contributed by atoms with Crippen molar-refractivity contribution in [3.8, 4) is 11.6 Å². The van der Waals surface area contributed by atoms with Gasteiger partial charge in [0.15, 0.2) is 0 Å².